The second-order valence-electron chi connectivity index (χ2n) is 5.77. The van der Waals surface area contributed by atoms with E-state index in [1.165, 1.54) is 11.8 Å². The average molecular weight is 284 g/mol. The van der Waals surface area contributed by atoms with E-state index in [0.717, 1.165) is 25.0 Å². The summed E-state index contributed by atoms with van der Waals surface area (Å²) in [6, 6.07) is 5.98. The lowest BCUT2D eigenvalue weighted by Crippen LogP contribution is -2.41. The van der Waals surface area contributed by atoms with E-state index in [1.54, 1.807) is 12.3 Å². The predicted molar refractivity (Wildman–Crippen MR) is 79.9 cm³/mol. The normalized spacial score (nSPS) is 17.6. The largest absolute Gasteiger partial charge is 0.472 e. The van der Waals surface area contributed by atoms with Crippen LogP contribution in [0.4, 0.5) is 0 Å². The lowest BCUT2D eigenvalue weighted by atomic mass is 9.90. The van der Waals surface area contributed by atoms with Gasteiger partial charge >= 0.3 is 0 Å². The molecule has 0 saturated heterocycles. The number of aromatic nitrogens is 1. The average Bonchev–Trinajstić information content (AvgIpc) is 3.01. The Labute approximate surface area is 124 Å². The van der Waals surface area contributed by atoms with Gasteiger partial charge in [-0.05, 0) is 50.8 Å². The lowest BCUT2D eigenvalue weighted by Gasteiger charge is -2.37. The van der Waals surface area contributed by atoms with Crippen molar-refractivity contribution < 1.29 is 9.21 Å². The number of pyridine rings is 1. The summed E-state index contributed by atoms with van der Waals surface area (Å²) in [6.07, 6.45) is 7.97. The zero-order chi connectivity index (χ0) is 14.8. The third kappa shape index (κ3) is 2.58. The maximum absolute atomic E-state index is 12.8. The van der Waals surface area contributed by atoms with E-state index >= 15 is 0 Å². The summed E-state index contributed by atoms with van der Waals surface area (Å²) in [5.41, 5.74) is 2.92. The van der Waals surface area contributed by atoms with Crippen molar-refractivity contribution in [3.05, 3.63) is 53.7 Å². The molecule has 0 spiro atoms. The number of nitrogens with zero attached hydrogens (tertiary/aromatic N) is 2. The van der Waals surface area contributed by atoms with Gasteiger partial charge in [0, 0.05) is 12.2 Å². The van der Waals surface area contributed by atoms with Gasteiger partial charge in [0.25, 0.3) is 5.91 Å². The van der Waals surface area contributed by atoms with Gasteiger partial charge in [0.15, 0.2) is 0 Å². The lowest BCUT2D eigenvalue weighted by molar-refractivity contribution is 0.0575. The summed E-state index contributed by atoms with van der Waals surface area (Å²) in [7, 11) is 0. The molecule has 110 valence electrons. The summed E-state index contributed by atoms with van der Waals surface area (Å²) < 4.78 is 5.06. The Morgan fingerprint density at radius 1 is 1.43 bits per heavy atom. The molecule has 1 aliphatic carbocycles. The topological polar surface area (TPSA) is 46.3 Å². The molecule has 3 rings (SSSR count). The molecule has 0 bridgehead atoms. The van der Waals surface area contributed by atoms with Crippen molar-refractivity contribution in [2.24, 2.45) is 0 Å². The Balaban J connectivity index is 1.98. The molecule has 0 aromatic carbocycles. The number of furan rings is 1. The van der Waals surface area contributed by atoms with E-state index in [9.17, 15) is 4.79 Å². The fraction of sp³-hybridized carbons (Fsp3) is 0.412. The molecular formula is C17H20N2O2. The van der Waals surface area contributed by atoms with Gasteiger partial charge < -0.3 is 9.32 Å². The van der Waals surface area contributed by atoms with Crippen molar-refractivity contribution in [1.29, 1.82) is 0 Å². The van der Waals surface area contributed by atoms with Crippen molar-refractivity contribution in [1.82, 2.24) is 9.88 Å². The summed E-state index contributed by atoms with van der Waals surface area (Å²) >= 11 is 0. The number of hydrogen-bond acceptors (Lipinski definition) is 3. The molecule has 1 atom stereocenters. The van der Waals surface area contributed by atoms with E-state index in [-0.39, 0.29) is 18.0 Å². The molecule has 2 aromatic heterocycles. The third-order valence-corrected chi connectivity index (χ3v) is 4.06. The molecular weight excluding hydrogens is 264 g/mol. The van der Waals surface area contributed by atoms with Crippen LogP contribution in [0.25, 0.3) is 0 Å². The maximum atomic E-state index is 12.8. The second-order valence-corrected chi connectivity index (χ2v) is 5.77. The molecule has 2 aromatic rings. The van der Waals surface area contributed by atoms with Crippen LogP contribution in [0.1, 0.15) is 54.3 Å². The van der Waals surface area contributed by atoms with Gasteiger partial charge in [0.2, 0.25) is 0 Å². The van der Waals surface area contributed by atoms with E-state index in [2.05, 4.69) is 24.9 Å². The summed E-state index contributed by atoms with van der Waals surface area (Å²) in [4.78, 5) is 19.3. The fourth-order valence-corrected chi connectivity index (χ4v) is 3.13. The van der Waals surface area contributed by atoms with Gasteiger partial charge in [-0.2, -0.15) is 0 Å². The first-order valence-corrected chi connectivity index (χ1v) is 7.47. The van der Waals surface area contributed by atoms with Crippen molar-refractivity contribution in [2.45, 2.75) is 45.2 Å². The summed E-state index contributed by atoms with van der Waals surface area (Å²) in [5.74, 6) is 0.0160. The van der Waals surface area contributed by atoms with Crippen LogP contribution in [-0.2, 0) is 6.42 Å². The number of carbonyl (C=O) groups is 1. The number of rotatable bonds is 3. The standard InChI is InChI=1S/C17H20N2O2/c1-12(2)19(17(20)14-8-10-21-11-14)15-7-3-5-13-6-4-9-18-16(13)15/h4,6,8-12,15H,3,5,7H2,1-2H3/t15-/m0/s1. The molecule has 4 heteroatoms. The zero-order valence-electron chi connectivity index (χ0n) is 12.5. The Morgan fingerprint density at radius 2 is 2.29 bits per heavy atom. The third-order valence-electron chi connectivity index (χ3n) is 4.06. The van der Waals surface area contributed by atoms with Crippen LogP contribution in [0, 0.1) is 0 Å². The molecule has 2 heterocycles. The van der Waals surface area contributed by atoms with Gasteiger partial charge in [0.05, 0.1) is 23.6 Å². The SMILES string of the molecule is CC(C)N(C(=O)c1ccoc1)[C@H]1CCCc2cccnc21. The quantitative estimate of drug-likeness (QED) is 0.865. The molecule has 21 heavy (non-hydrogen) atoms. The first-order valence-electron chi connectivity index (χ1n) is 7.47. The van der Waals surface area contributed by atoms with Crippen LogP contribution in [0.3, 0.4) is 0 Å². The van der Waals surface area contributed by atoms with E-state index in [0.29, 0.717) is 5.56 Å². The molecule has 1 amide bonds. The van der Waals surface area contributed by atoms with Gasteiger partial charge in [-0.25, -0.2) is 0 Å². The first kappa shape index (κ1) is 13.9. The number of hydrogen-bond donors (Lipinski definition) is 0. The van der Waals surface area contributed by atoms with Crippen molar-refractivity contribution >= 4 is 5.91 Å². The minimum absolute atomic E-state index is 0.0160. The maximum Gasteiger partial charge on any atom is 0.257 e. The smallest absolute Gasteiger partial charge is 0.257 e. The van der Waals surface area contributed by atoms with Crippen LogP contribution in [0.5, 0.6) is 0 Å². The predicted octanol–water partition coefficient (Wildman–Crippen LogP) is 3.60. The van der Waals surface area contributed by atoms with Crippen molar-refractivity contribution in [3.63, 3.8) is 0 Å². The van der Waals surface area contributed by atoms with Gasteiger partial charge in [-0.1, -0.05) is 6.07 Å². The monoisotopic (exact) mass is 284 g/mol. The van der Waals surface area contributed by atoms with Crippen LogP contribution in [0.2, 0.25) is 0 Å². The minimum Gasteiger partial charge on any atom is -0.472 e. The van der Waals surface area contributed by atoms with Crippen LogP contribution in [0.15, 0.2) is 41.3 Å². The number of amides is 1. The molecule has 0 saturated carbocycles. The molecule has 4 nitrogen and oxygen atoms in total. The summed E-state index contributed by atoms with van der Waals surface area (Å²) in [6.45, 7) is 4.10. The van der Waals surface area contributed by atoms with E-state index < -0.39 is 0 Å². The number of aryl methyl sites for hydroxylation is 1. The number of carbonyl (C=O) groups excluding carboxylic acids is 1. The molecule has 0 aliphatic heterocycles. The Kier molecular flexibility index (Phi) is 3.78. The highest BCUT2D eigenvalue weighted by Gasteiger charge is 2.32. The summed E-state index contributed by atoms with van der Waals surface area (Å²) in [5, 5.41) is 0. The van der Waals surface area contributed by atoms with Gasteiger partial charge in [-0.15, -0.1) is 0 Å². The Hall–Kier alpha value is -2.10. The highest BCUT2D eigenvalue weighted by molar-refractivity contribution is 5.94. The molecule has 1 aliphatic rings. The Bertz CT molecular complexity index is 619. The van der Waals surface area contributed by atoms with E-state index in [4.69, 9.17) is 4.42 Å². The molecule has 0 unspecified atom stereocenters. The highest BCUT2D eigenvalue weighted by atomic mass is 16.3. The van der Waals surface area contributed by atoms with Crippen LogP contribution >= 0.6 is 0 Å². The second kappa shape index (κ2) is 5.72. The minimum atomic E-state index is 0.0160. The van der Waals surface area contributed by atoms with Gasteiger partial charge in [0.1, 0.15) is 6.26 Å². The fourth-order valence-electron chi connectivity index (χ4n) is 3.13. The van der Waals surface area contributed by atoms with E-state index in [1.807, 2.05) is 17.2 Å². The molecule has 0 fully saturated rings. The first-order chi connectivity index (χ1) is 10.2. The van der Waals surface area contributed by atoms with Crippen molar-refractivity contribution in [3.8, 4) is 0 Å². The number of fused-ring (bicyclic) bond motifs is 1. The van der Waals surface area contributed by atoms with Crippen LogP contribution < -0.4 is 0 Å². The molecule has 0 radical (unpaired) electrons. The Morgan fingerprint density at radius 3 is 3.00 bits per heavy atom. The highest BCUT2D eigenvalue weighted by Crippen LogP contribution is 2.34. The zero-order valence-corrected chi connectivity index (χ0v) is 12.5. The van der Waals surface area contributed by atoms with Crippen molar-refractivity contribution in [2.75, 3.05) is 0 Å². The molecule has 0 N–H and O–H groups in total. The van der Waals surface area contributed by atoms with Gasteiger partial charge in [-0.3, -0.25) is 9.78 Å². The van der Waals surface area contributed by atoms with Crippen LogP contribution in [-0.4, -0.2) is 21.8 Å².